The molecule has 0 saturated heterocycles. The van der Waals surface area contributed by atoms with E-state index < -0.39 is 0 Å². The largest absolute Gasteiger partial charge is 0.317 e. The van der Waals surface area contributed by atoms with E-state index in [-0.39, 0.29) is 0 Å². The maximum atomic E-state index is 3.76. The van der Waals surface area contributed by atoms with E-state index in [0.717, 1.165) is 32.2 Å². The van der Waals surface area contributed by atoms with Gasteiger partial charge in [0.05, 0.1) is 0 Å². The first kappa shape index (κ1) is 19.8. The van der Waals surface area contributed by atoms with Gasteiger partial charge in [0, 0.05) is 37.3 Å². The summed E-state index contributed by atoms with van der Waals surface area (Å²) < 4.78 is 0. The van der Waals surface area contributed by atoms with Gasteiger partial charge in [-0.05, 0) is 66.2 Å². The van der Waals surface area contributed by atoms with E-state index in [1.54, 1.807) is 0 Å². The van der Waals surface area contributed by atoms with Crippen LogP contribution in [0, 0.1) is 0 Å². The van der Waals surface area contributed by atoms with Gasteiger partial charge in [0.2, 0.25) is 0 Å². The van der Waals surface area contributed by atoms with E-state index in [1.807, 2.05) is 0 Å². The van der Waals surface area contributed by atoms with Gasteiger partial charge in [-0.2, -0.15) is 0 Å². The lowest BCUT2D eigenvalue weighted by atomic mass is 9.91. The second-order valence-electron chi connectivity index (χ2n) is 6.68. The molecule has 132 valence electrons. The summed E-state index contributed by atoms with van der Waals surface area (Å²) in [7, 11) is 4.16. The molecule has 1 aliphatic rings. The van der Waals surface area contributed by atoms with Crippen molar-refractivity contribution in [2.75, 3.05) is 40.3 Å². The molecule has 5 heteroatoms. The molecule has 0 aromatic carbocycles. The van der Waals surface area contributed by atoms with Crippen LogP contribution in [0.4, 0.5) is 0 Å². The summed E-state index contributed by atoms with van der Waals surface area (Å²) in [6, 6.07) is 2.55. The van der Waals surface area contributed by atoms with E-state index in [4.69, 9.17) is 0 Å². The molecule has 5 nitrogen and oxygen atoms in total. The van der Waals surface area contributed by atoms with E-state index in [1.165, 1.54) is 32.1 Å². The second kappa shape index (κ2) is 12.3. The Balaban J connectivity index is 2.09. The SMILES string of the molecule is CCNCC(C)NCCC(CNC1CCC(NC)CC1)NC. The Bertz CT molecular complexity index is 253. The number of hydrogen-bond donors (Lipinski definition) is 5. The van der Waals surface area contributed by atoms with E-state index in [9.17, 15) is 0 Å². The van der Waals surface area contributed by atoms with Crippen molar-refractivity contribution in [3.63, 3.8) is 0 Å². The van der Waals surface area contributed by atoms with Gasteiger partial charge in [-0.1, -0.05) is 6.92 Å². The quantitative estimate of drug-likeness (QED) is 0.367. The minimum absolute atomic E-state index is 0.544. The summed E-state index contributed by atoms with van der Waals surface area (Å²) in [5.74, 6) is 0. The average molecular weight is 314 g/mol. The van der Waals surface area contributed by atoms with Crippen molar-refractivity contribution in [3.05, 3.63) is 0 Å². The van der Waals surface area contributed by atoms with Crippen LogP contribution >= 0.6 is 0 Å². The standard InChI is InChI=1S/C17H39N5/c1-5-20-12-14(2)21-11-10-17(19-4)13-22-16-8-6-15(18-3)7-9-16/h14-22H,5-13H2,1-4H3. The Labute approximate surface area is 137 Å². The highest BCUT2D eigenvalue weighted by molar-refractivity contribution is 4.82. The molecule has 22 heavy (non-hydrogen) atoms. The van der Waals surface area contributed by atoms with Gasteiger partial charge >= 0.3 is 0 Å². The summed E-state index contributed by atoms with van der Waals surface area (Å²) in [6.07, 6.45) is 6.40. The molecular weight excluding hydrogens is 274 g/mol. The molecule has 1 rings (SSSR count). The molecule has 1 saturated carbocycles. The molecule has 0 bridgehead atoms. The highest BCUT2D eigenvalue weighted by Gasteiger charge is 2.20. The third-order valence-electron chi connectivity index (χ3n) is 4.88. The lowest BCUT2D eigenvalue weighted by Gasteiger charge is -2.30. The van der Waals surface area contributed by atoms with Gasteiger partial charge in [-0.15, -0.1) is 0 Å². The zero-order valence-corrected chi connectivity index (χ0v) is 15.2. The number of likely N-dealkylation sites (N-methyl/N-ethyl adjacent to an activating group) is 2. The van der Waals surface area contributed by atoms with Gasteiger partial charge in [0.15, 0.2) is 0 Å². The van der Waals surface area contributed by atoms with Crippen molar-refractivity contribution >= 4 is 0 Å². The zero-order valence-electron chi connectivity index (χ0n) is 15.2. The third kappa shape index (κ3) is 8.44. The smallest absolute Gasteiger partial charge is 0.0201 e. The van der Waals surface area contributed by atoms with E-state index in [0.29, 0.717) is 18.1 Å². The van der Waals surface area contributed by atoms with Crippen molar-refractivity contribution in [3.8, 4) is 0 Å². The summed E-state index contributed by atoms with van der Waals surface area (Å²) in [5, 5.41) is 17.6. The van der Waals surface area contributed by atoms with Crippen LogP contribution in [0.25, 0.3) is 0 Å². The van der Waals surface area contributed by atoms with Crippen LogP contribution in [0.15, 0.2) is 0 Å². The van der Waals surface area contributed by atoms with Gasteiger partial charge in [-0.25, -0.2) is 0 Å². The predicted molar refractivity (Wildman–Crippen MR) is 96.6 cm³/mol. The van der Waals surface area contributed by atoms with Crippen LogP contribution in [0.1, 0.15) is 46.0 Å². The first-order valence-corrected chi connectivity index (χ1v) is 9.21. The molecule has 0 aromatic heterocycles. The maximum Gasteiger partial charge on any atom is 0.0201 e. The highest BCUT2D eigenvalue weighted by atomic mass is 15.0. The van der Waals surface area contributed by atoms with Crippen LogP contribution in [-0.2, 0) is 0 Å². The minimum atomic E-state index is 0.544. The normalized spacial score (nSPS) is 25.1. The zero-order chi connectivity index (χ0) is 16.2. The van der Waals surface area contributed by atoms with Crippen molar-refractivity contribution in [2.24, 2.45) is 0 Å². The van der Waals surface area contributed by atoms with Crippen LogP contribution in [0.5, 0.6) is 0 Å². The fourth-order valence-electron chi connectivity index (χ4n) is 3.18. The predicted octanol–water partition coefficient (Wildman–Crippen LogP) is 0.672. The molecule has 0 aromatic rings. The highest BCUT2D eigenvalue weighted by Crippen LogP contribution is 2.18. The molecule has 2 unspecified atom stereocenters. The fraction of sp³-hybridized carbons (Fsp3) is 1.00. The number of hydrogen-bond acceptors (Lipinski definition) is 5. The summed E-state index contributed by atoms with van der Waals surface area (Å²) in [5.41, 5.74) is 0. The van der Waals surface area contributed by atoms with Crippen molar-refractivity contribution in [1.29, 1.82) is 0 Å². The Morgan fingerprint density at radius 2 is 1.68 bits per heavy atom. The monoisotopic (exact) mass is 313 g/mol. The lowest BCUT2D eigenvalue weighted by molar-refractivity contribution is 0.306. The topological polar surface area (TPSA) is 60.1 Å². The average Bonchev–Trinajstić information content (AvgIpc) is 2.56. The molecule has 0 radical (unpaired) electrons. The van der Waals surface area contributed by atoms with Crippen molar-refractivity contribution in [1.82, 2.24) is 26.6 Å². The Morgan fingerprint density at radius 3 is 2.27 bits per heavy atom. The van der Waals surface area contributed by atoms with Gasteiger partial charge < -0.3 is 26.6 Å². The molecule has 2 atom stereocenters. The maximum absolute atomic E-state index is 3.76. The van der Waals surface area contributed by atoms with Crippen LogP contribution in [-0.4, -0.2) is 64.4 Å². The molecule has 0 spiro atoms. The van der Waals surface area contributed by atoms with E-state index >= 15 is 0 Å². The van der Waals surface area contributed by atoms with Gasteiger partial charge in [0.25, 0.3) is 0 Å². The fourth-order valence-corrected chi connectivity index (χ4v) is 3.18. The van der Waals surface area contributed by atoms with Gasteiger partial charge in [0.1, 0.15) is 0 Å². The molecular formula is C17H39N5. The summed E-state index contributed by atoms with van der Waals surface area (Å²) >= 11 is 0. The molecule has 1 fully saturated rings. The lowest BCUT2D eigenvalue weighted by Crippen LogP contribution is -2.46. The first-order chi connectivity index (χ1) is 10.7. The first-order valence-electron chi connectivity index (χ1n) is 9.21. The Morgan fingerprint density at radius 1 is 1.00 bits per heavy atom. The van der Waals surface area contributed by atoms with Crippen molar-refractivity contribution < 1.29 is 0 Å². The van der Waals surface area contributed by atoms with Crippen LogP contribution in [0.2, 0.25) is 0 Å². The molecule has 0 aliphatic heterocycles. The number of rotatable bonds is 12. The van der Waals surface area contributed by atoms with Crippen LogP contribution in [0.3, 0.4) is 0 Å². The molecule has 1 aliphatic carbocycles. The molecule has 0 amide bonds. The molecule has 0 heterocycles. The second-order valence-corrected chi connectivity index (χ2v) is 6.68. The third-order valence-corrected chi connectivity index (χ3v) is 4.88. The summed E-state index contributed by atoms with van der Waals surface area (Å²) in [6.45, 7) is 8.65. The Kier molecular flexibility index (Phi) is 11.1. The van der Waals surface area contributed by atoms with Gasteiger partial charge in [-0.3, -0.25) is 0 Å². The Hall–Kier alpha value is -0.200. The minimum Gasteiger partial charge on any atom is -0.317 e. The van der Waals surface area contributed by atoms with Crippen LogP contribution < -0.4 is 26.6 Å². The molecule has 5 N–H and O–H groups in total. The van der Waals surface area contributed by atoms with E-state index in [2.05, 4.69) is 54.5 Å². The summed E-state index contributed by atoms with van der Waals surface area (Å²) in [4.78, 5) is 0. The van der Waals surface area contributed by atoms with Crippen molar-refractivity contribution in [2.45, 2.75) is 70.1 Å². The number of nitrogens with one attached hydrogen (secondary N) is 5.